The summed E-state index contributed by atoms with van der Waals surface area (Å²) < 4.78 is 4.95. The lowest BCUT2D eigenvalue weighted by Crippen LogP contribution is -2.00. The van der Waals surface area contributed by atoms with E-state index in [1.54, 1.807) is 0 Å². The van der Waals surface area contributed by atoms with Gasteiger partial charge in [0.1, 0.15) is 0 Å². The Kier molecular flexibility index (Phi) is 7.54. The number of aryl methyl sites for hydroxylation is 4. The van der Waals surface area contributed by atoms with Gasteiger partial charge < -0.3 is 14.7 Å². The van der Waals surface area contributed by atoms with E-state index in [4.69, 9.17) is 14.7 Å². The molecule has 0 radical (unpaired) electrons. The smallest absolute Gasteiger partial charge is 0.305 e. The maximum Gasteiger partial charge on any atom is 0.305 e. The highest BCUT2D eigenvalue weighted by molar-refractivity contribution is 5.96. The number of hydrogen-bond acceptors (Lipinski definition) is 4. The third kappa shape index (κ3) is 4.70. The highest BCUT2D eigenvalue weighted by atomic mass is 16.5. The lowest BCUT2D eigenvalue weighted by Gasteiger charge is -2.04. The number of nitrogens with zero attached hydrogens (tertiary/aromatic N) is 2. The number of carbonyl (C=O) groups excluding carboxylic acids is 1. The van der Waals surface area contributed by atoms with E-state index in [-0.39, 0.29) is 5.97 Å². The molecule has 0 aromatic carbocycles. The summed E-state index contributed by atoms with van der Waals surface area (Å²) in [5, 5.41) is 0. The SMILES string of the molecule is CCC1=C(C)c2cc3[nH]c(cc4[nH]c(cc5nc(cc1n2)C(C)=C5CCC(=O)OC)c(CC)c4C)c(C)c3CC. The van der Waals surface area contributed by atoms with Crippen LogP contribution in [0.25, 0.3) is 44.4 Å². The van der Waals surface area contributed by atoms with Crippen molar-refractivity contribution in [3.8, 4) is 0 Å². The molecule has 40 heavy (non-hydrogen) atoms. The van der Waals surface area contributed by atoms with Crippen LogP contribution in [0, 0.1) is 13.8 Å². The van der Waals surface area contributed by atoms with Gasteiger partial charge in [-0.2, -0.15) is 0 Å². The Labute approximate surface area is 236 Å². The maximum absolute atomic E-state index is 12.1. The van der Waals surface area contributed by atoms with Crippen LogP contribution < -0.4 is 0 Å². The van der Waals surface area contributed by atoms with Gasteiger partial charge in [0, 0.05) is 28.5 Å². The van der Waals surface area contributed by atoms with Crippen LogP contribution in [0.15, 0.2) is 24.3 Å². The Hall–Kier alpha value is -3.93. The number of hydrogen-bond donors (Lipinski definition) is 2. The largest absolute Gasteiger partial charge is 0.469 e. The molecule has 8 bridgehead atoms. The fourth-order valence-electron chi connectivity index (χ4n) is 6.22. The summed E-state index contributed by atoms with van der Waals surface area (Å²) in [7, 11) is 1.44. The molecule has 3 aromatic rings. The Balaban J connectivity index is 1.92. The number of ether oxygens (including phenoxy) is 1. The van der Waals surface area contributed by atoms with Crippen molar-refractivity contribution < 1.29 is 9.53 Å². The Bertz CT molecular complexity index is 1750. The van der Waals surface area contributed by atoms with E-state index in [2.05, 4.69) is 82.7 Å². The first-order chi connectivity index (χ1) is 19.2. The predicted molar refractivity (Wildman–Crippen MR) is 166 cm³/mol. The molecular weight excluding hydrogens is 496 g/mol. The first-order valence-corrected chi connectivity index (χ1v) is 14.4. The van der Waals surface area contributed by atoms with Crippen LogP contribution in [0.3, 0.4) is 0 Å². The molecule has 6 heteroatoms. The van der Waals surface area contributed by atoms with Gasteiger partial charge >= 0.3 is 5.97 Å². The van der Waals surface area contributed by atoms with Crippen molar-refractivity contribution in [2.75, 3.05) is 7.11 Å². The van der Waals surface area contributed by atoms with Crippen molar-refractivity contribution in [3.05, 3.63) is 69.3 Å². The lowest BCUT2D eigenvalue weighted by molar-refractivity contribution is -0.140. The molecule has 6 nitrogen and oxygen atoms in total. The first kappa shape index (κ1) is 27.6. The van der Waals surface area contributed by atoms with Crippen molar-refractivity contribution >= 4 is 50.3 Å². The van der Waals surface area contributed by atoms with Gasteiger partial charge in [0.2, 0.25) is 0 Å². The van der Waals surface area contributed by atoms with Gasteiger partial charge in [0.25, 0.3) is 0 Å². The number of methoxy groups -OCH3 is 1. The van der Waals surface area contributed by atoms with Gasteiger partial charge in [-0.25, -0.2) is 9.97 Å². The number of aromatic nitrogens is 4. The molecule has 0 saturated heterocycles. The second-order valence-electron chi connectivity index (χ2n) is 10.8. The zero-order valence-corrected chi connectivity index (χ0v) is 25.1. The fourth-order valence-corrected chi connectivity index (χ4v) is 6.22. The molecule has 5 heterocycles. The summed E-state index contributed by atoms with van der Waals surface area (Å²) in [5.41, 5.74) is 17.8. The molecule has 208 valence electrons. The molecule has 5 rings (SSSR count). The minimum Gasteiger partial charge on any atom is -0.469 e. The lowest BCUT2D eigenvalue weighted by atomic mass is 9.99. The van der Waals surface area contributed by atoms with Gasteiger partial charge in [-0.05, 0) is 122 Å². The molecule has 2 N–H and O–H groups in total. The summed E-state index contributed by atoms with van der Waals surface area (Å²) in [4.78, 5) is 29.7. The zero-order chi connectivity index (χ0) is 28.7. The van der Waals surface area contributed by atoms with E-state index in [1.165, 1.54) is 40.5 Å². The molecule has 0 unspecified atom stereocenters. The van der Waals surface area contributed by atoms with Crippen molar-refractivity contribution in [3.63, 3.8) is 0 Å². The van der Waals surface area contributed by atoms with Gasteiger partial charge in [0.15, 0.2) is 0 Å². The van der Waals surface area contributed by atoms with E-state index in [0.29, 0.717) is 12.8 Å². The van der Waals surface area contributed by atoms with E-state index in [0.717, 1.165) is 75.3 Å². The minimum atomic E-state index is -0.217. The quantitative estimate of drug-likeness (QED) is 0.311. The number of fused-ring (bicyclic) bond motifs is 8. The number of allylic oxidation sites excluding steroid dienone is 4. The number of H-pyrrole nitrogens is 2. The average molecular weight is 537 g/mol. The van der Waals surface area contributed by atoms with Crippen LogP contribution in [0.2, 0.25) is 0 Å². The predicted octanol–water partition coefficient (Wildman–Crippen LogP) is 8.28. The van der Waals surface area contributed by atoms with E-state index >= 15 is 0 Å². The first-order valence-electron chi connectivity index (χ1n) is 14.4. The number of nitrogens with one attached hydrogen (secondary N) is 2. The molecule has 0 atom stereocenters. The summed E-state index contributed by atoms with van der Waals surface area (Å²) in [5.74, 6) is -0.217. The van der Waals surface area contributed by atoms with E-state index in [1.807, 2.05) is 0 Å². The molecule has 2 aliphatic rings. The molecule has 0 saturated carbocycles. The Morgan fingerprint density at radius 2 is 1.18 bits per heavy atom. The van der Waals surface area contributed by atoms with Crippen molar-refractivity contribution in [1.29, 1.82) is 0 Å². The highest BCUT2D eigenvalue weighted by Crippen LogP contribution is 2.37. The van der Waals surface area contributed by atoms with Crippen LogP contribution in [0.1, 0.15) is 98.9 Å². The zero-order valence-electron chi connectivity index (χ0n) is 25.1. The summed E-state index contributed by atoms with van der Waals surface area (Å²) in [6, 6.07) is 8.71. The third-order valence-corrected chi connectivity index (χ3v) is 8.67. The van der Waals surface area contributed by atoms with Gasteiger partial charge in [-0.1, -0.05) is 20.8 Å². The number of esters is 1. The maximum atomic E-state index is 12.1. The van der Waals surface area contributed by atoms with Crippen LogP contribution in [-0.2, 0) is 22.4 Å². The van der Waals surface area contributed by atoms with E-state index < -0.39 is 0 Å². The van der Waals surface area contributed by atoms with Crippen molar-refractivity contribution in [2.24, 2.45) is 0 Å². The normalized spacial score (nSPS) is 13.4. The number of rotatable bonds is 6. The van der Waals surface area contributed by atoms with Gasteiger partial charge in [-0.3, -0.25) is 4.79 Å². The standard InChI is InChI=1S/C34H40N4O2/c1-9-22-18(4)26-14-27-19(5)24(11-3)32(36-27)17-33-25(12-13-34(39)40-8)21(7)29(38-33)16-31-23(10-2)20(6)28(37-31)15-30(22)35-26/h14-17,35-36H,9-13H2,1-8H3. The van der Waals surface area contributed by atoms with Crippen LogP contribution in [-0.4, -0.2) is 33.0 Å². The molecular formula is C34H40N4O2. The number of aromatic amines is 2. The average Bonchev–Trinajstić information content (AvgIpc) is 3.60. The Morgan fingerprint density at radius 1 is 0.675 bits per heavy atom. The second-order valence-corrected chi connectivity index (χ2v) is 10.8. The summed E-state index contributed by atoms with van der Waals surface area (Å²) in [6.07, 6.45) is 3.62. The molecule has 0 amide bonds. The van der Waals surface area contributed by atoms with Gasteiger partial charge in [0.05, 0.1) is 29.9 Å². The van der Waals surface area contributed by atoms with Crippen LogP contribution >= 0.6 is 0 Å². The highest BCUT2D eigenvalue weighted by Gasteiger charge is 2.21. The summed E-state index contributed by atoms with van der Waals surface area (Å²) >= 11 is 0. The molecule has 2 aliphatic heterocycles. The minimum absolute atomic E-state index is 0.217. The molecule has 0 aliphatic carbocycles. The summed E-state index contributed by atoms with van der Waals surface area (Å²) in [6.45, 7) is 15.2. The van der Waals surface area contributed by atoms with Crippen LogP contribution in [0.4, 0.5) is 0 Å². The second kappa shape index (κ2) is 10.9. The fraction of sp³-hybridized carbons (Fsp3) is 0.382. The number of carbonyl (C=O) groups is 1. The van der Waals surface area contributed by atoms with E-state index in [9.17, 15) is 4.79 Å². The van der Waals surface area contributed by atoms with Gasteiger partial charge in [-0.15, -0.1) is 0 Å². The Morgan fingerprint density at radius 3 is 1.70 bits per heavy atom. The van der Waals surface area contributed by atoms with Crippen LogP contribution in [0.5, 0.6) is 0 Å². The molecule has 3 aromatic heterocycles. The third-order valence-electron chi connectivity index (χ3n) is 8.67. The van der Waals surface area contributed by atoms with Crippen molar-refractivity contribution in [1.82, 2.24) is 19.9 Å². The monoisotopic (exact) mass is 536 g/mol. The van der Waals surface area contributed by atoms with Crippen molar-refractivity contribution in [2.45, 2.75) is 80.6 Å². The molecule has 0 fully saturated rings. The topological polar surface area (TPSA) is 83.7 Å². The molecule has 0 spiro atoms.